The number of benzene rings is 2. The lowest BCUT2D eigenvalue weighted by molar-refractivity contribution is 0.0911. The van der Waals surface area contributed by atoms with Gasteiger partial charge in [0.2, 0.25) is 0 Å². The van der Waals surface area contributed by atoms with E-state index in [1.807, 2.05) is 60.7 Å². The number of aromatic nitrogens is 1. The smallest absolute Gasteiger partial charge is 0.165 e. The Labute approximate surface area is 159 Å². The molecule has 0 fully saturated rings. The van der Waals surface area contributed by atoms with Crippen LogP contribution in [0.1, 0.15) is 42.0 Å². The molecule has 1 aliphatic rings. The molecule has 4 nitrogen and oxygen atoms in total. The lowest BCUT2D eigenvalue weighted by atomic mass is 9.76. The number of carbonyl (C=O) groups excluding carboxylic acids is 1. The average Bonchev–Trinajstić information content (AvgIpc) is 2.96. The van der Waals surface area contributed by atoms with E-state index in [1.54, 1.807) is 0 Å². The molecule has 2 aromatic carbocycles. The third-order valence-electron chi connectivity index (χ3n) is 5.02. The van der Waals surface area contributed by atoms with E-state index < -0.39 is 0 Å². The Morgan fingerprint density at radius 2 is 1.52 bits per heavy atom. The van der Waals surface area contributed by atoms with Crippen molar-refractivity contribution in [1.29, 1.82) is 0 Å². The predicted octanol–water partition coefficient (Wildman–Crippen LogP) is 6.36. The van der Waals surface area contributed by atoms with Crippen LogP contribution in [0.4, 0.5) is 11.4 Å². The fourth-order valence-corrected chi connectivity index (χ4v) is 3.79. The van der Waals surface area contributed by atoms with Crippen LogP contribution in [0.15, 0.2) is 70.9 Å². The summed E-state index contributed by atoms with van der Waals surface area (Å²) in [7, 11) is 0. The van der Waals surface area contributed by atoms with Gasteiger partial charge in [0.1, 0.15) is 0 Å². The molecule has 1 aliphatic carbocycles. The van der Waals surface area contributed by atoms with E-state index >= 15 is 0 Å². The summed E-state index contributed by atoms with van der Waals surface area (Å²) in [6.07, 6.45) is 1.51. The van der Waals surface area contributed by atoms with E-state index in [0.29, 0.717) is 6.42 Å². The first-order chi connectivity index (χ1) is 12.9. The summed E-state index contributed by atoms with van der Waals surface area (Å²) in [6, 6.07) is 19.7. The molecule has 0 aliphatic heterocycles. The molecule has 0 radical (unpaired) electrons. The summed E-state index contributed by atoms with van der Waals surface area (Å²) >= 11 is 0. The van der Waals surface area contributed by atoms with Crippen LogP contribution < -0.4 is 0 Å². The number of Topliss-reactive ketones (excluding diaryl/α,β-unsaturated/α-hetero) is 1. The molecular weight excluding hydrogens is 334 g/mol. The highest BCUT2D eigenvalue weighted by Gasteiger charge is 2.34. The molecule has 0 spiro atoms. The molecule has 0 saturated carbocycles. The number of fused-ring (bicyclic) bond motifs is 1. The van der Waals surface area contributed by atoms with E-state index in [0.717, 1.165) is 40.4 Å². The van der Waals surface area contributed by atoms with Crippen LogP contribution >= 0.6 is 0 Å². The number of carbonyl (C=O) groups is 1. The molecule has 1 heterocycles. The fraction of sp³-hybridized carbons (Fsp3) is 0.261. The molecule has 136 valence electrons. The highest BCUT2D eigenvalue weighted by atomic mass is 16.1. The third kappa shape index (κ3) is 3.47. The fourth-order valence-electron chi connectivity index (χ4n) is 3.79. The number of nitrogens with zero attached hydrogens (tertiary/aromatic N) is 3. The summed E-state index contributed by atoms with van der Waals surface area (Å²) in [5, 5.41) is 8.56. The van der Waals surface area contributed by atoms with Crippen LogP contribution in [0.2, 0.25) is 0 Å². The van der Waals surface area contributed by atoms with Gasteiger partial charge in [-0.05, 0) is 61.2 Å². The van der Waals surface area contributed by atoms with E-state index in [9.17, 15) is 4.79 Å². The van der Waals surface area contributed by atoms with Crippen LogP contribution in [-0.2, 0) is 6.42 Å². The number of hydrogen-bond donors (Lipinski definition) is 0. The monoisotopic (exact) mass is 357 g/mol. The van der Waals surface area contributed by atoms with Gasteiger partial charge in [0, 0.05) is 29.1 Å². The first kappa shape index (κ1) is 17.4. The zero-order chi connectivity index (χ0) is 19.0. The highest BCUT2D eigenvalue weighted by Crippen LogP contribution is 2.37. The average molecular weight is 357 g/mol. The predicted molar refractivity (Wildman–Crippen MR) is 108 cm³/mol. The molecule has 27 heavy (non-hydrogen) atoms. The van der Waals surface area contributed by atoms with Crippen LogP contribution in [-0.4, -0.2) is 10.4 Å². The molecule has 0 amide bonds. The number of aryl methyl sites for hydroxylation is 1. The van der Waals surface area contributed by atoms with Crippen molar-refractivity contribution in [3.05, 3.63) is 77.6 Å². The third-order valence-corrected chi connectivity index (χ3v) is 5.02. The Kier molecular flexibility index (Phi) is 4.27. The zero-order valence-electron chi connectivity index (χ0n) is 15.9. The summed E-state index contributed by atoms with van der Waals surface area (Å²) in [6.45, 7) is 6.38. The number of ketones is 1. The second kappa shape index (κ2) is 6.62. The van der Waals surface area contributed by atoms with Gasteiger partial charge in [-0.3, -0.25) is 4.79 Å². The standard InChI is InChI=1S/C23H23N3O/c1-16-13-20-21(14-23(2,3)15-22(20)27)26(16)19-11-9-18(10-12-19)25-24-17-7-5-4-6-8-17/h4-13H,14-15H2,1-3H3. The summed E-state index contributed by atoms with van der Waals surface area (Å²) < 4.78 is 2.20. The van der Waals surface area contributed by atoms with E-state index in [1.165, 1.54) is 0 Å². The molecule has 3 aromatic rings. The number of azo groups is 1. The molecule has 4 heteroatoms. The topological polar surface area (TPSA) is 46.7 Å². The van der Waals surface area contributed by atoms with E-state index in [2.05, 4.69) is 35.6 Å². The second-order valence-electron chi connectivity index (χ2n) is 7.97. The Bertz CT molecular complexity index is 1010. The minimum absolute atomic E-state index is 0.00351. The molecule has 0 unspecified atom stereocenters. The molecule has 4 rings (SSSR count). The summed E-state index contributed by atoms with van der Waals surface area (Å²) in [5.74, 6) is 0.247. The largest absolute Gasteiger partial charge is 0.317 e. The van der Waals surface area contributed by atoms with Crippen molar-refractivity contribution in [2.24, 2.45) is 15.6 Å². The van der Waals surface area contributed by atoms with Gasteiger partial charge >= 0.3 is 0 Å². The number of hydrogen-bond acceptors (Lipinski definition) is 3. The molecule has 0 bridgehead atoms. The van der Waals surface area contributed by atoms with Gasteiger partial charge in [-0.25, -0.2) is 0 Å². The molecule has 0 saturated heterocycles. The maximum atomic E-state index is 12.5. The second-order valence-corrected chi connectivity index (χ2v) is 7.97. The Hall–Kier alpha value is -3.01. The van der Waals surface area contributed by atoms with Gasteiger partial charge in [-0.1, -0.05) is 32.0 Å². The van der Waals surface area contributed by atoms with Crippen molar-refractivity contribution in [2.45, 2.75) is 33.6 Å². The van der Waals surface area contributed by atoms with Gasteiger partial charge in [-0.2, -0.15) is 10.2 Å². The molecule has 1 aromatic heterocycles. The van der Waals surface area contributed by atoms with Gasteiger partial charge in [0.15, 0.2) is 5.78 Å². The van der Waals surface area contributed by atoms with Crippen molar-refractivity contribution in [3.8, 4) is 5.69 Å². The van der Waals surface area contributed by atoms with Crippen molar-refractivity contribution >= 4 is 17.2 Å². The van der Waals surface area contributed by atoms with Crippen LogP contribution in [0.5, 0.6) is 0 Å². The maximum Gasteiger partial charge on any atom is 0.165 e. The van der Waals surface area contributed by atoms with Gasteiger partial charge in [-0.15, -0.1) is 0 Å². The summed E-state index contributed by atoms with van der Waals surface area (Å²) in [4.78, 5) is 12.5. The highest BCUT2D eigenvalue weighted by molar-refractivity contribution is 5.99. The molecular formula is C23H23N3O. The number of rotatable bonds is 3. The van der Waals surface area contributed by atoms with Crippen LogP contribution in [0, 0.1) is 12.3 Å². The molecule has 0 N–H and O–H groups in total. The Balaban J connectivity index is 1.66. The van der Waals surface area contributed by atoms with Gasteiger partial charge in [0.05, 0.1) is 11.4 Å². The SMILES string of the molecule is Cc1cc2c(n1-c1ccc(N=Nc3ccccc3)cc1)CC(C)(C)CC2=O. The Morgan fingerprint density at radius 3 is 2.19 bits per heavy atom. The van der Waals surface area contributed by atoms with E-state index in [-0.39, 0.29) is 11.2 Å². The van der Waals surface area contributed by atoms with Gasteiger partial charge in [0.25, 0.3) is 0 Å². The maximum absolute atomic E-state index is 12.5. The molecule has 0 atom stereocenters. The Morgan fingerprint density at radius 1 is 0.889 bits per heavy atom. The lowest BCUT2D eigenvalue weighted by Gasteiger charge is -2.29. The quantitative estimate of drug-likeness (QED) is 0.503. The van der Waals surface area contributed by atoms with Crippen molar-refractivity contribution in [1.82, 2.24) is 4.57 Å². The van der Waals surface area contributed by atoms with Crippen LogP contribution in [0.3, 0.4) is 0 Å². The minimum Gasteiger partial charge on any atom is -0.317 e. The first-order valence-corrected chi connectivity index (χ1v) is 9.25. The normalized spacial score (nSPS) is 15.9. The van der Waals surface area contributed by atoms with E-state index in [4.69, 9.17) is 0 Å². The van der Waals surface area contributed by atoms with Crippen molar-refractivity contribution < 1.29 is 4.79 Å². The van der Waals surface area contributed by atoms with Crippen LogP contribution in [0.25, 0.3) is 5.69 Å². The van der Waals surface area contributed by atoms with Crippen molar-refractivity contribution in [3.63, 3.8) is 0 Å². The van der Waals surface area contributed by atoms with Gasteiger partial charge < -0.3 is 4.57 Å². The zero-order valence-corrected chi connectivity index (χ0v) is 15.9. The minimum atomic E-state index is -0.00351. The summed E-state index contributed by atoms with van der Waals surface area (Å²) in [5.41, 5.74) is 5.77. The first-order valence-electron chi connectivity index (χ1n) is 9.25. The lowest BCUT2D eigenvalue weighted by Crippen LogP contribution is -2.27. The van der Waals surface area contributed by atoms with Crippen molar-refractivity contribution in [2.75, 3.05) is 0 Å².